The molecule has 0 amide bonds. The van der Waals surface area contributed by atoms with Gasteiger partial charge in [0, 0.05) is 5.54 Å². The molecule has 0 aromatic carbocycles. The highest BCUT2D eigenvalue weighted by Gasteiger charge is 2.20. The molecule has 3 heteroatoms. The molecule has 0 aliphatic heterocycles. The highest BCUT2D eigenvalue weighted by Crippen LogP contribution is 2.16. The first-order valence-corrected chi connectivity index (χ1v) is 5.63. The minimum absolute atomic E-state index is 0.159. The Morgan fingerprint density at radius 1 is 0.923 bits per heavy atom. The summed E-state index contributed by atoms with van der Waals surface area (Å²) >= 11 is 0. The van der Waals surface area contributed by atoms with E-state index >= 15 is 0 Å². The van der Waals surface area contributed by atoms with Crippen LogP contribution in [0, 0.1) is 0 Å². The summed E-state index contributed by atoms with van der Waals surface area (Å²) in [7, 11) is 0. The van der Waals surface area contributed by atoms with Crippen molar-refractivity contribution in [1.82, 2.24) is 10.8 Å². The van der Waals surface area contributed by atoms with Crippen LogP contribution in [0.1, 0.15) is 41.5 Å². The van der Waals surface area contributed by atoms with Crippen molar-refractivity contribution in [2.75, 3.05) is 0 Å². The van der Waals surface area contributed by atoms with Gasteiger partial charge in [-0.05, 0) is 20.8 Å². The van der Waals surface area contributed by atoms with Crippen LogP contribution >= 0.6 is 0 Å². The largest absolute Gasteiger partial charge is 0.426 e. The first-order valence-electron chi connectivity index (χ1n) is 5.63. The minimum Gasteiger partial charge on any atom is -0.426 e. The SMILES string of the molecule is CC[B-](CC)(CC)NNC(C)(C)C. The van der Waals surface area contributed by atoms with Crippen molar-refractivity contribution in [2.45, 2.75) is 66.0 Å². The highest BCUT2D eigenvalue weighted by molar-refractivity contribution is 6.77. The van der Waals surface area contributed by atoms with Crippen molar-refractivity contribution in [2.24, 2.45) is 0 Å². The zero-order valence-electron chi connectivity index (χ0n) is 10.2. The summed E-state index contributed by atoms with van der Waals surface area (Å²) in [6, 6.07) is 0. The van der Waals surface area contributed by atoms with Gasteiger partial charge in [0.15, 0.2) is 0 Å². The second kappa shape index (κ2) is 5.01. The Morgan fingerprint density at radius 3 is 1.54 bits per heavy atom. The van der Waals surface area contributed by atoms with Crippen LogP contribution in [0.2, 0.25) is 19.0 Å². The molecule has 0 unspecified atom stereocenters. The van der Waals surface area contributed by atoms with E-state index in [1.54, 1.807) is 0 Å². The Bertz CT molecular complexity index is 128. The third-order valence-corrected chi connectivity index (χ3v) is 3.10. The van der Waals surface area contributed by atoms with E-state index in [-0.39, 0.29) is 11.8 Å². The van der Waals surface area contributed by atoms with E-state index in [4.69, 9.17) is 0 Å². The number of hydrogen-bond acceptors (Lipinski definition) is 2. The summed E-state index contributed by atoms with van der Waals surface area (Å²) in [5.41, 5.74) is 3.55. The van der Waals surface area contributed by atoms with Gasteiger partial charge in [-0.25, -0.2) is 0 Å². The first kappa shape index (κ1) is 13.0. The maximum Gasteiger partial charge on any atom is 0.0741 e. The predicted molar refractivity (Wildman–Crippen MR) is 63.2 cm³/mol. The van der Waals surface area contributed by atoms with Gasteiger partial charge in [0.1, 0.15) is 0 Å². The van der Waals surface area contributed by atoms with Crippen molar-refractivity contribution in [3.05, 3.63) is 0 Å². The number of hydrazine groups is 1. The summed E-state index contributed by atoms with van der Waals surface area (Å²) in [5, 5.41) is 3.53. The number of nitrogens with one attached hydrogen (secondary N) is 2. The Balaban J connectivity index is 4.11. The second-order valence-electron chi connectivity index (χ2n) is 5.22. The maximum atomic E-state index is 3.53. The maximum absolute atomic E-state index is 3.53. The van der Waals surface area contributed by atoms with Gasteiger partial charge in [-0.3, -0.25) is 5.43 Å². The average molecular weight is 185 g/mol. The van der Waals surface area contributed by atoms with Crippen LogP contribution in [-0.4, -0.2) is 11.8 Å². The summed E-state index contributed by atoms with van der Waals surface area (Å²) in [5.74, 6) is 0. The van der Waals surface area contributed by atoms with Gasteiger partial charge >= 0.3 is 0 Å². The van der Waals surface area contributed by atoms with Gasteiger partial charge < -0.3 is 5.34 Å². The minimum atomic E-state index is -0.386. The zero-order chi connectivity index (χ0) is 10.5. The fourth-order valence-electron chi connectivity index (χ4n) is 1.54. The van der Waals surface area contributed by atoms with Gasteiger partial charge in [-0.2, -0.15) is 19.0 Å². The third-order valence-electron chi connectivity index (χ3n) is 3.10. The monoisotopic (exact) mass is 185 g/mol. The number of rotatable bonds is 5. The van der Waals surface area contributed by atoms with Crippen LogP contribution in [-0.2, 0) is 0 Å². The lowest BCUT2D eigenvalue weighted by molar-refractivity contribution is 0.402. The molecule has 0 spiro atoms. The third kappa shape index (κ3) is 4.68. The molecular formula is C10H26BN2-. The average Bonchev–Trinajstić information content (AvgIpc) is 2.06. The summed E-state index contributed by atoms with van der Waals surface area (Å²) in [4.78, 5) is 0. The Kier molecular flexibility index (Phi) is 5.01. The van der Waals surface area contributed by atoms with E-state index in [1.807, 2.05) is 0 Å². The summed E-state index contributed by atoms with van der Waals surface area (Å²) < 4.78 is 0. The fourth-order valence-corrected chi connectivity index (χ4v) is 1.54. The van der Waals surface area contributed by atoms with Crippen molar-refractivity contribution in [1.29, 1.82) is 0 Å². The van der Waals surface area contributed by atoms with Gasteiger partial charge in [0.25, 0.3) is 0 Å². The quantitative estimate of drug-likeness (QED) is 0.508. The molecule has 0 heterocycles. The van der Waals surface area contributed by atoms with Gasteiger partial charge in [-0.15, -0.1) is 0 Å². The van der Waals surface area contributed by atoms with Crippen LogP contribution in [0.5, 0.6) is 0 Å². The Morgan fingerprint density at radius 2 is 1.31 bits per heavy atom. The highest BCUT2D eigenvalue weighted by atomic mass is 15.4. The lowest BCUT2D eigenvalue weighted by atomic mass is 9.31. The van der Waals surface area contributed by atoms with E-state index < -0.39 is 0 Å². The molecule has 0 fully saturated rings. The van der Waals surface area contributed by atoms with E-state index in [0.29, 0.717) is 0 Å². The number of hydrogen-bond donors (Lipinski definition) is 2. The second-order valence-corrected chi connectivity index (χ2v) is 5.22. The topological polar surface area (TPSA) is 24.1 Å². The van der Waals surface area contributed by atoms with E-state index in [1.165, 1.54) is 19.0 Å². The molecule has 13 heavy (non-hydrogen) atoms. The van der Waals surface area contributed by atoms with Crippen molar-refractivity contribution < 1.29 is 0 Å². The summed E-state index contributed by atoms with van der Waals surface area (Å²) in [6.07, 6.45) is 3.31. The van der Waals surface area contributed by atoms with Crippen LogP contribution < -0.4 is 10.8 Å². The Labute approximate surface area is 83.8 Å². The van der Waals surface area contributed by atoms with Crippen LogP contribution in [0.15, 0.2) is 0 Å². The molecule has 0 aromatic heterocycles. The lowest BCUT2D eigenvalue weighted by Crippen LogP contribution is -2.60. The molecule has 0 aromatic rings. The van der Waals surface area contributed by atoms with Crippen LogP contribution in [0.25, 0.3) is 0 Å². The van der Waals surface area contributed by atoms with E-state index in [2.05, 4.69) is 52.3 Å². The molecule has 0 aliphatic rings. The molecule has 0 radical (unpaired) electrons. The summed E-state index contributed by atoms with van der Waals surface area (Å²) in [6.45, 7) is 13.4. The smallest absolute Gasteiger partial charge is 0.0741 e. The molecular weight excluding hydrogens is 159 g/mol. The molecule has 0 atom stereocenters. The molecule has 2 N–H and O–H groups in total. The van der Waals surface area contributed by atoms with Crippen molar-refractivity contribution in [3.8, 4) is 0 Å². The molecule has 0 saturated heterocycles. The molecule has 80 valence electrons. The standard InChI is InChI=1S/C10H26BN2/c1-7-11(8-2,9-3)13-12-10(4,5)6/h12-13H,7-9H2,1-6H3/q-1. The van der Waals surface area contributed by atoms with Crippen LogP contribution in [0.3, 0.4) is 0 Å². The van der Waals surface area contributed by atoms with Gasteiger partial charge in [0.2, 0.25) is 0 Å². The van der Waals surface area contributed by atoms with Crippen molar-refractivity contribution >= 4 is 6.28 Å². The molecule has 0 saturated carbocycles. The normalized spacial score (nSPS) is 13.4. The molecule has 0 rings (SSSR count). The lowest BCUT2D eigenvalue weighted by Gasteiger charge is -2.41. The fraction of sp³-hybridized carbons (Fsp3) is 1.00. The van der Waals surface area contributed by atoms with E-state index in [9.17, 15) is 0 Å². The zero-order valence-corrected chi connectivity index (χ0v) is 10.2. The van der Waals surface area contributed by atoms with E-state index in [0.717, 1.165) is 0 Å². The van der Waals surface area contributed by atoms with Gasteiger partial charge in [-0.1, -0.05) is 20.8 Å². The molecule has 0 bridgehead atoms. The predicted octanol–water partition coefficient (Wildman–Crippen LogP) is 2.88. The van der Waals surface area contributed by atoms with Crippen LogP contribution in [0.4, 0.5) is 0 Å². The van der Waals surface area contributed by atoms with Gasteiger partial charge in [0.05, 0.1) is 6.28 Å². The molecule has 2 nitrogen and oxygen atoms in total. The first-order chi connectivity index (χ1) is 5.89. The molecule has 0 aliphatic carbocycles. The van der Waals surface area contributed by atoms with Crippen molar-refractivity contribution in [3.63, 3.8) is 0 Å². The Hall–Kier alpha value is -0.0151.